The fourth-order valence-corrected chi connectivity index (χ4v) is 1.82. The molecule has 0 bridgehead atoms. The SMILES string of the molecule is NCc1cccc(Oc2ncc([N+](=O)[O-])s2)c1. The van der Waals surface area contributed by atoms with Gasteiger partial charge in [-0.25, -0.2) is 4.98 Å². The molecule has 2 rings (SSSR count). The van der Waals surface area contributed by atoms with Gasteiger partial charge in [-0.3, -0.25) is 10.1 Å². The number of nitrogens with two attached hydrogens (primary N) is 1. The number of nitro groups is 1. The first-order valence-electron chi connectivity index (χ1n) is 4.76. The maximum atomic E-state index is 10.5. The van der Waals surface area contributed by atoms with Crippen LogP contribution < -0.4 is 10.5 Å². The number of hydrogen-bond donors (Lipinski definition) is 1. The molecule has 0 saturated carbocycles. The number of aromatic nitrogens is 1. The minimum absolute atomic E-state index is 0.0463. The third-order valence-corrected chi connectivity index (χ3v) is 2.82. The van der Waals surface area contributed by atoms with Crippen LogP contribution in [0.2, 0.25) is 0 Å². The van der Waals surface area contributed by atoms with E-state index in [1.165, 1.54) is 6.20 Å². The molecule has 0 atom stereocenters. The smallest absolute Gasteiger partial charge is 0.347 e. The highest BCUT2D eigenvalue weighted by Crippen LogP contribution is 2.30. The Hall–Kier alpha value is -1.99. The Morgan fingerprint density at radius 1 is 1.53 bits per heavy atom. The van der Waals surface area contributed by atoms with E-state index in [4.69, 9.17) is 10.5 Å². The molecule has 0 radical (unpaired) electrons. The molecule has 0 fully saturated rings. The standard InChI is InChI=1S/C10H9N3O3S/c11-5-7-2-1-3-8(4-7)16-10-12-6-9(17-10)13(14)15/h1-4,6H,5,11H2. The molecular weight excluding hydrogens is 242 g/mol. The summed E-state index contributed by atoms with van der Waals surface area (Å²) in [6.45, 7) is 0.412. The lowest BCUT2D eigenvalue weighted by Gasteiger charge is -2.02. The van der Waals surface area contributed by atoms with Crippen molar-refractivity contribution in [1.82, 2.24) is 4.98 Å². The molecule has 17 heavy (non-hydrogen) atoms. The maximum absolute atomic E-state index is 10.5. The number of nitrogens with zero attached hydrogens (tertiary/aromatic N) is 2. The number of hydrogen-bond acceptors (Lipinski definition) is 6. The van der Waals surface area contributed by atoms with Crippen LogP contribution in [0.3, 0.4) is 0 Å². The molecule has 2 aromatic rings. The molecule has 0 aliphatic carbocycles. The van der Waals surface area contributed by atoms with Gasteiger partial charge in [-0.2, -0.15) is 0 Å². The highest BCUT2D eigenvalue weighted by Gasteiger charge is 2.12. The average molecular weight is 251 g/mol. The second kappa shape index (κ2) is 4.89. The zero-order valence-corrected chi connectivity index (χ0v) is 9.52. The van der Waals surface area contributed by atoms with Crippen LogP contribution in [0.15, 0.2) is 30.5 Å². The Labute approximate surface area is 101 Å². The van der Waals surface area contributed by atoms with Crippen molar-refractivity contribution in [1.29, 1.82) is 0 Å². The van der Waals surface area contributed by atoms with E-state index in [1.54, 1.807) is 18.2 Å². The second-order valence-electron chi connectivity index (χ2n) is 3.18. The first-order valence-corrected chi connectivity index (χ1v) is 5.58. The average Bonchev–Trinajstić information content (AvgIpc) is 2.78. The van der Waals surface area contributed by atoms with Gasteiger partial charge in [0.25, 0.3) is 5.19 Å². The van der Waals surface area contributed by atoms with Gasteiger partial charge in [0, 0.05) is 6.54 Å². The lowest BCUT2D eigenvalue weighted by molar-refractivity contribution is -0.380. The summed E-state index contributed by atoms with van der Waals surface area (Å²) in [7, 11) is 0. The van der Waals surface area contributed by atoms with Gasteiger partial charge >= 0.3 is 5.00 Å². The van der Waals surface area contributed by atoms with E-state index < -0.39 is 4.92 Å². The third-order valence-electron chi connectivity index (χ3n) is 1.99. The fraction of sp³-hybridized carbons (Fsp3) is 0.100. The summed E-state index contributed by atoms with van der Waals surface area (Å²) in [5.74, 6) is 0.567. The molecule has 88 valence electrons. The van der Waals surface area contributed by atoms with Gasteiger partial charge in [0.2, 0.25) is 0 Å². The van der Waals surface area contributed by atoms with Crippen LogP contribution >= 0.6 is 11.3 Å². The van der Waals surface area contributed by atoms with Crippen LogP contribution in [-0.4, -0.2) is 9.91 Å². The number of benzene rings is 1. The van der Waals surface area contributed by atoms with E-state index in [0.29, 0.717) is 12.3 Å². The van der Waals surface area contributed by atoms with Crippen molar-refractivity contribution in [2.45, 2.75) is 6.54 Å². The van der Waals surface area contributed by atoms with Crippen LogP contribution in [0.25, 0.3) is 0 Å². The van der Waals surface area contributed by atoms with E-state index in [2.05, 4.69) is 4.98 Å². The van der Waals surface area contributed by atoms with E-state index in [-0.39, 0.29) is 10.2 Å². The molecule has 0 aliphatic heterocycles. The van der Waals surface area contributed by atoms with E-state index >= 15 is 0 Å². The minimum atomic E-state index is -0.499. The summed E-state index contributed by atoms with van der Waals surface area (Å²) in [4.78, 5) is 13.8. The van der Waals surface area contributed by atoms with Crippen molar-refractivity contribution in [3.8, 4) is 10.9 Å². The van der Waals surface area contributed by atoms with Crippen molar-refractivity contribution >= 4 is 16.3 Å². The van der Waals surface area contributed by atoms with Crippen LogP contribution in [0.1, 0.15) is 5.56 Å². The second-order valence-corrected chi connectivity index (χ2v) is 4.15. The minimum Gasteiger partial charge on any atom is -0.431 e. The van der Waals surface area contributed by atoms with E-state index in [0.717, 1.165) is 16.9 Å². The summed E-state index contributed by atoms with van der Waals surface area (Å²) < 4.78 is 5.40. The Bertz CT molecular complexity index is 541. The van der Waals surface area contributed by atoms with Gasteiger partial charge in [0.15, 0.2) is 0 Å². The van der Waals surface area contributed by atoms with Crippen molar-refractivity contribution in [2.24, 2.45) is 5.73 Å². The third kappa shape index (κ3) is 2.77. The van der Waals surface area contributed by atoms with Gasteiger partial charge in [0.05, 0.1) is 4.92 Å². The molecule has 6 nitrogen and oxygen atoms in total. The number of ether oxygens (including phenoxy) is 1. The van der Waals surface area contributed by atoms with Crippen molar-refractivity contribution < 1.29 is 9.66 Å². The van der Waals surface area contributed by atoms with Gasteiger partial charge in [0.1, 0.15) is 11.9 Å². The van der Waals surface area contributed by atoms with Gasteiger partial charge in [-0.15, -0.1) is 0 Å². The van der Waals surface area contributed by atoms with Gasteiger partial charge in [-0.1, -0.05) is 12.1 Å². The summed E-state index contributed by atoms with van der Waals surface area (Å²) >= 11 is 0.886. The monoisotopic (exact) mass is 251 g/mol. The quantitative estimate of drug-likeness (QED) is 0.665. The molecule has 0 unspecified atom stereocenters. The molecule has 2 N–H and O–H groups in total. The van der Waals surface area contributed by atoms with Gasteiger partial charge in [-0.05, 0) is 29.0 Å². The lowest BCUT2D eigenvalue weighted by atomic mass is 10.2. The van der Waals surface area contributed by atoms with Crippen LogP contribution in [0, 0.1) is 10.1 Å². The molecule has 1 heterocycles. The largest absolute Gasteiger partial charge is 0.431 e. The molecule has 1 aromatic carbocycles. The summed E-state index contributed by atoms with van der Waals surface area (Å²) in [5.41, 5.74) is 6.42. The van der Waals surface area contributed by atoms with Crippen LogP contribution in [0.4, 0.5) is 5.00 Å². The zero-order chi connectivity index (χ0) is 12.3. The van der Waals surface area contributed by atoms with E-state index in [1.807, 2.05) is 6.07 Å². The first kappa shape index (κ1) is 11.5. The fourth-order valence-electron chi connectivity index (χ4n) is 1.22. The lowest BCUT2D eigenvalue weighted by Crippen LogP contribution is -1.95. The normalized spacial score (nSPS) is 10.2. The zero-order valence-electron chi connectivity index (χ0n) is 8.70. The Balaban J connectivity index is 2.16. The molecule has 0 spiro atoms. The molecular formula is C10H9N3O3S. The first-order chi connectivity index (χ1) is 8.19. The number of rotatable bonds is 4. The predicted molar refractivity (Wildman–Crippen MR) is 63.2 cm³/mol. The molecule has 7 heteroatoms. The highest BCUT2D eigenvalue weighted by molar-refractivity contribution is 7.16. The van der Waals surface area contributed by atoms with Crippen LogP contribution in [-0.2, 0) is 6.54 Å². The van der Waals surface area contributed by atoms with Crippen molar-refractivity contribution in [3.05, 3.63) is 46.1 Å². The Morgan fingerprint density at radius 2 is 2.35 bits per heavy atom. The van der Waals surface area contributed by atoms with Gasteiger partial charge < -0.3 is 10.5 Å². The van der Waals surface area contributed by atoms with Crippen molar-refractivity contribution in [2.75, 3.05) is 0 Å². The number of thiazole rings is 1. The van der Waals surface area contributed by atoms with Crippen LogP contribution in [0.5, 0.6) is 10.9 Å². The summed E-state index contributed by atoms with van der Waals surface area (Å²) in [5, 5.41) is 10.7. The topological polar surface area (TPSA) is 91.3 Å². The molecule has 0 saturated heterocycles. The Morgan fingerprint density at radius 3 is 3.00 bits per heavy atom. The molecule has 0 aliphatic rings. The Kier molecular flexibility index (Phi) is 3.31. The molecule has 0 amide bonds. The maximum Gasteiger partial charge on any atom is 0.347 e. The highest BCUT2D eigenvalue weighted by atomic mass is 32.1. The molecule has 1 aromatic heterocycles. The van der Waals surface area contributed by atoms with E-state index in [9.17, 15) is 10.1 Å². The van der Waals surface area contributed by atoms with Crippen molar-refractivity contribution in [3.63, 3.8) is 0 Å². The summed E-state index contributed by atoms with van der Waals surface area (Å²) in [6.07, 6.45) is 1.17. The summed E-state index contributed by atoms with van der Waals surface area (Å²) in [6, 6.07) is 7.19. The predicted octanol–water partition coefficient (Wildman–Crippen LogP) is 2.30.